The number of hydrogen-bond acceptors (Lipinski definition) is 3. The van der Waals surface area contributed by atoms with E-state index in [1.807, 2.05) is 18.2 Å². The molecule has 4 nitrogen and oxygen atoms in total. The van der Waals surface area contributed by atoms with Gasteiger partial charge in [-0.15, -0.1) is 5.11 Å². The molecule has 0 bridgehead atoms. The standard InChI is InChI=1S/C7H8N3O/c1-10(11)9-8-7-5-3-2-4-6-7/h2-6H,1H3/q-1. The van der Waals surface area contributed by atoms with Crippen LogP contribution in [0.2, 0.25) is 0 Å². The number of benzene rings is 1. The van der Waals surface area contributed by atoms with Crippen molar-refractivity contribution < 1.29 is 0 Å². The first-order chi connectivity index (χ1) is 5.29. The Balaban J connectivity index is 2.65. The Hall–Kier alpha value is -1.42. The second-order valence-electron chi connectivity index (χ2n) is 1.99. The van der Waals surface area contributed by atoms with Gasteiger partial charge < -0.3 is 10.4 Å². The van der Waals surface area contributed by atoms with Gasteiger partial charge in [0.05, 0.1) is 5.69 Å². The minimum Gasteiger partial charge on any atom is -0.741 e. The molecule has 58 valence electrons. The van der Waals surface area contributed by atoms with Gasteiger partial charge in [-0.25, -0.2) is 0 Å². The van der Waals surface area contributed by atoms with E-state index in [0.29, 0.717) is 10.9 Å². The molecule has 0 aliphatic rings. The molecule has 1 rings (SSSR count). The molecule has 0 unspecified atom stereocenters. The molecule has 1 aromatic rings. The van der Waals surface area contributed by atoms with Crippen LogP contribution in [0.1, 0.15) is 0 Å². The quantitative estimate of drug-likeness (QED) is 0.479. The summed E-state index contributed by atoms with van der Waals surface area (Å²) in [4.78, 5) is 0. The molecule has 0 heterocycles. The first-order valence-corrected chi connectivity index (χ1v) is 3.16. The summed E-state index contributed by atoms with van der Waals surface area (Å²) in [7, 11) is 1.28. The number of hydroxylamine groups is 1. The smallest absolute Gasteiger partial charge is 0.0873 e. The molecule has 0 aliphatic carbocycles. The summed E-state index contributed by atoms with van der Waals surface area (Å²) >= 11 is 0. The number of hydrogen-bond donors (Lipinski definition) is 0. The third-order valence-corrected chi connectivity index (χ3v) is 1.04. The fourth-order valence-electron chi connectivity index (χ4n) is 0.609. The summed E-state index contributed by atoms with van der Waals surface area (Å²) in [6.45, 7) is 0. The van der Waals surface area contributed by atoms with Gasteiger partial charge in [-0.3, -0.25) is 0 Å². The molecule has 0 aromatic heterocycles. The highest BCUT2D eigenvalue weighted by Crippen LogP contribution is 2.09. The van der Waals surface area contributed by atoms with Crippen molar-refractivity contribution in [1.82, 2.24) is 5.17 Å². The second kappa shape index (κ2) is 3.68. The molecule has 11 heavy (non-hydrogen) atoms. The van der Waals surface area contributed by atoms with E-state index >= 15 is 0 Å². The summed E-state index contributed by atoms with van der Waals surface area (Å²) in [6.07, 6.45) is 0. The van der Waals surface area contributed by atoms with E-state index in [0.717, 1.165) is 0 Å². The maximum Gasteiger partial charge on any atom is 0.0873 e. The average Bonchev–Trinajstić information content (AvgIpc) is 2.03. The zero-order valence-corrected chi connectivity index (χ0v) is 6.14. The predicted molar refractivity (Wildman–Crippen MR) is 42.1 cm³/mol. The molecule has 0 saturated carbocycles. The van der Waals surface area contributed by atoms with Crippen molar-refractivity contribution in [2.45, 2.75) is 0 Å². The van der Waals surface area contributed by atoms with Crippen molar-refractivity contribution >= 4 is 5.69 Å². The number of rotatable bonds is 2. The van der Waals surface area contributed by atoms with Gasteiger partial charge in [-0.1, -0.05) is 23.4 Å². The molecular formula is C7H8N3O-. The number of nitrogens with zero attached hydrogens (tertiary/aromatic N) is 3. The van der Waals surface area contributed by atoms with Crippen LogP contribution in [0.3, 0.4) is 0 Å². The van der Waals surface area contributed by atoms with Crippen molar-refractivity contribution in [2.75, 3.05) is 7.05 Å². The molecule has 0 saturated heterocycles. The van der Waals surface area contributed by atoms with E-state index in [2.05, 4.69) is 10.3 Å². The first kappa shape index (κ1) is 7.68. The third-order valence-electron chi connectivity index (χ3n) is 1.04. The van der Waals surface area contributed by atoms with E-state index < -0.39 is 0 Å². The van der Waals surface area contributed by atoms with Crippen LogP contribution < -0.4 is 0 Å². The highest BCUT2D eigenvalue weighted by molar-refractivity contribution is 5.34. The summed E-state index contributed by atoms with van der Waals surface area (Å²) < 4.78 is 0. The van der Waals surface area contributed by atoms with Gasteiger partial charge in [-0.05, 0) is 12.1 Å². The molecular weight excluding hydrogens is 142 g/mol. The van der Waals surface area contributed by atoms with Crippen LogP contribution in [0.25, 0.3) is 0 Å². The fraction of sp³-hybridized carbons (Fsp3) is 0.143. The van der Waals surface area contributed by atoms with Crippen LogP contribution in [0.5, 0.6) is 0 Å². The van der Waals surface area contributed by atoms with Gasteiger partial charge in [0.1, 0.15) is 0 Å². The minimum absolute atomic E-state index is 0.410. The molecule has 4 heteroatoms. The molecule has 0 amide bonds. The van der Waals surface area contributed by atoms with E-state index in [9.17, 15) is 5.21 Å². The lowest BCUT2D eigenvalue weighted by molar-refractivity contribution is 0.460. The largest absolute Gasteiger partial charge is 0.741 e. The lowest BCUT2D eigenvalue weighted by Crippen LogP contribution is -1.95. The lowest BCUT2D eigenvalue weighted by Gasteiger charge is -2.13. The van der Waals surface area contributed by atoms with Gasteiger partial charge in [-0.2, -0.15) is 0 Å². The maximum absolute atomic E-state index is 10.3. The van der Waals surface area contributed by atoms with Crippen LogP contribution >= 0.6 is 0 Å². The van der Waals surface area contributed by atoms with Gasteiger partial charge in [0, 0.05) is 7.05 Å². The molecule has 0 radical (unpaired) electrons. The highest BCUT2D eigenvalue weighted by Gasteiger charge is 1.82. The molecule has 1 aromatic carbocycles. The second-order valence-corrected chi connectivity index (χ2v) is 1.99. The molecule has 0 spiro atoms. The van der Waals surface area contributed by atoms with Crippen LogP contribution in [-0.2, 0) is 0 Å². The van der Waals surface area contributed by atoms with Gasteiger partial charge >= 0.3 is 0 Å². The zero-order valence-electron chi connectivity index (χ0n) is 6.14. The third kappa shape index (κ3) is 2.77. The minimum atomic E-state index is 0.410. The highest BCUT2D eigenvalue weighted by atomic mass is 16.5. The van der Waals surface area contributed by atoms with E-state index in [4.69, 9.17) is 0 Å². The fourth-order valence-corrected chi connectivity index (χ4v) is 0.609. The van der Waals surface area contributed by atoms with Crippen molar-refractivity contribution in [3.05, 3.63) is 35.5 Å². The SMILES string of the molecule is CN([O-])N=Nc1ccccc1. The zero-order chi connectivity index (χ0) is 8.10. The van der Waals surface area contributed by atoms with Gasteiger partial charge in [0.25, 0.3) is 0 Å². The Morgan fingerprint density at radius 1 is 1.27 bits per heavy atom. The van der Waals surface area contributed by atoms with Crippen LogP contribution in [0, 0.1) is 5.21 Å². The molecule has 0 N–H and O–H groups in total. The topological polar surface area (TPSA) is 51.0 Å². The Kier molecular flexibility index (Phi) is 2.57. The summed E-state index contributed by atoms with van der Waals surface area (Å²) in [5.41, 5.74) is 0.676. The van der Waals surface area contributed by atoms with Crippen molar-refractivity contribution in [2.24, 2.45) is 10.3 Å². The van der Waals surface area contributed by atoms with Crippen LogP contribution in [-0.4, -0.2) is 12.2 Å². The van der Waals surface area contributed by atoms with Gasteiger partial charge in [0.15, 0.2) is 0 Å². The Morgan fingerprint density at radius 3 is 2.45 bits per heavy atom. The normalized spacial score (nSPS) is 10.4. The Bertz CT molecular complexity index is 233. The van der Waals surface area contributed by atoms with Crippen LogP contribution in [0.15, 0.2) is 40.7 Å². The maximum atomic E-state index is 10.3. The first-order valence-electron chi connectivity index (χ1n) is 3.16. The van der Waals surface area contributed by atoms with E-state index in [1.54, 1.807) is 12.1 Å². The summed E-state index contributed by atoms with van der Waals surface area (Å²) in [5.74, 6) is 0. The van der Waals surface area contributed by atoms with Gasteiger partial charge in [0.2, 0.25) is 0 Å². The molecule has 0 fully saturated rings. The Labute approximate surface area is 64.7 Å². The van der Waals surface area contributed by atoms with Crippen molar-refractivity contribution in [3.8, 4) is 0 Å². The van der Waals surface area contributed by atoms with Crippen LogP contribution in [0.4, 0.5) is 5.69 Å². The van der Waals surface area contributed by atoms with Crippen molar-refractivity contribution in [3.63, 3.8) is 0 Å². The summed E-state index contributed by atoms with van der Waals surface area (Å²) in [5, 5.41) is 17.6. The Morgan fingerprint density at radius 2 is 1.91 bits per heavy atom. The van der Waals surface area contributed by atoms with E-state index in [1.165, 1.54) is 7.05 Å². The molecule has 0 aliphatic heterocycles. The lowest BCUT2D eigenvalue weighted by atomic mass is 10.3. The van der Waals surface area contributed by atoms with E-state index in [-0.39, 0.29) is 0 Å². The average molecular weight is 150 g/mol. The monoisotopic (exact) mass is 150 g/mol. The predicted octanol–water partition coefficient (Wildman–Crippen LogP) is 2.11. The molecule has 0 atom stereocenters. The summed E-state index contributed by atoms with van der Waals surface area (Å²) in [6, 6.07) is 9.08. The van der Waals surface area contributed by atoms with Crippen molar-refractivity contribution in [1.29, 1.82) is 0 Å².